The number of fused-ring (bicyclic) bond motifs is 3. The van der Waals surface area contributed by atoms with Gasteiger partial charge in [0.15, 0.2) is 0 Å². The number of carbonyl (C=O) groups is 3. The number of hydrogen-bond donors (Lipinski definition) is 3. The van der Waals surface area contributed by atoms with Gasteiger partial charge >= 0.3 is 12.1 Å². The van der Waals surface area contributed by atoms with E-state index in [1.165, 1.54) is 11.1 Å². The van der Waals surface area contributed by atoms with Crippen LogP contribution < -0.4 is 10.6 Å². The summed E-state index contributed by atoms with van der Waals surface area (Å²) < 4.78 is 11.2. The zero-order chi connectivity index (χ0) is 24.9. The molecular formula is C27H32N2O6. The Labute approximate surface area is 205 Å². The lowest BCUT2D eigenvalue weighted by Gasteiger charge is -2.32. The van der Waals surface area contributed by atoms with Crippen LogP contribution in [0.15, 0.2) is 48.5 Å². The van der Waals surface area contributed by atoms with Crippen molar-refractivity contribution in [3.8, 4) is 11.1 Å². The molecule has 1 heterocycles. The van der Waals surface area contributed by atoms with Crippen LogP contribution in [0, 0.1) is 11.8 Å². The molecule has 1 aliphatic carbocycles. The molecule has 0 spiro atoms. The molecule has 35 heavy (non-hydrogen) atoms. The lowest BCUT2D eigenvalue weighted by Crippen LogP contribution is -2.48. The van der Waals surface area contributed by atoms with Gasteiger partial charge in [0.2, 0.25) is 5.91 Å². The molecule has 4 atom stereocenters. The van der Waals surface area contributed by atoms with Crippen molar-refractivity contribution in [1.29, 1.82) is 0 Å². The van der Waals surface area contributed by atoms with E-state index in [1.54, 1.807) is 13.8 Å². The molecule has 0 aromatic heterocycles. The van der Waals surface area contributed by atoms with Crippen LogP contribution in [-0.4, -0.2) is 55.0 Å². The minimum atomic E-state index is -0.964. The summed E-state index contributed by atoms with van der Waals surface area (Å²) in [7, 11) is 0. The van der Waals surface area contributed by atoms with Gasteiger partial charge in [-0.3, -0.25) is 9.59 Å². The molecule has 3 N–H and O–H groups in total. The maximum absolute atomic E-state index is 12.7. The number of rotatable bonds is 8. The molecule has 4 unspecified atom stereocenters. The molecule has 2 aromatic carbocycles. The summed E-state index contributed by atoms with van der Waals surface area (Å²) in [6.07, 6.45) is 0.186. The van der Waals surface area contributed by atoms with Crippen LogP contribution in [0.2, 0.25) is 0 Å². The molecule has 4 rings (SSSR count). The Kier molecular flexibility index (Phi) is 7.70. The summed E-state index contributed by atoms with van der Waals surface area (Å²) in [5, 5.41) is 14.8. The molecule has 8 nitrogen and oxygen atoms in total. The number of nitrogens with one attached hydrogen (secondary N) is 2. The van der Waals surface area contributed by atoms with Crippen molar-refractivity contribution in [1.82, 2.24) is 10.6 Å². The van der Waals surface area contributed by atoms with E-state index in [9.17, 15) is 14.4 Å². The average molecular weight is 481 g/mol. The summed E-state index contributed by atoms with van der Waals surface area (Å²) >= 11 is 0. The Morgan fingerprint density at radius 2 is 1.69 bits per heavy atom. The van der Waals surface area contributed by atoms with E-state index in [0.717, 1.165) is 11.1 Å². The van der Waals surface area contributed by atoms with Crippen LogP contribution in [0.25, 0.3) is 11.1 Å². The van der Waals surface area contributed by atoms with E-state index < -0.39 is 24.0 Å². The van der Waals surface area contributed by atoms with E-state index in [4.69, 9.17) is 14.6 Å². The highest BCUT2D eigenvalue weighted by molar-refractivity contribution is 5.79. The zero-order valence-corrected chi connectivity index (χ0v) is 20.0. The number of benzene rings is 2. The quantitative estimate of drug-likeness (QED) is 0.533. The second kappa shape index (κ2) is 10.9. The predicted molar refractivity (Wildman–Crippen MR) is 130 cm³/mol. The van der Waals surface area contributed by atoms with E-state index in [2.05, 4.69) is 34.9 Å². The number of carboxylic acid groups (broad SMARTS) is 1. The standard InChI is InChI=1S/C27H32N2O6/c1-16(26(31)32)17(2)28-25(30)13-18-14-34-12-11-24(18)29-27(33)35-15-23-21-9-5-3-7-19(21)20-8-4-6-10-22(20)23/h3-10,16-18,23-24H,11-15H2,1-2H3,(H,28,30)(H,29,33)(H,31,32). The molecule has 0 radical (unpaired) electrons. The van der Waals surface area contributed by atoms with Gasteiger partial charge in [0.25, 0.3) is 0 Å². The molecule has 2 aliphatic rings. The first kappa shape index (κ1) is 24.7. The van der Waals surface area contributed by atoms with Gasteiger partial charge in [-0.05, 0) is 42.5 Å². The van der Waals surface area contributed by atoms with Gasteiger partial charge in [0.1, 0.15) is 6.61 Å². The van der Waals surface area contributed by atoms with Crippen LogP contribution in [0.3, 0.4) is 0 Å². The number of carboxylic acids is 1. The SMILES string of the molecule is CC(NC(=O)CC1COCCC1NC(=O)OCC1c2ccccc2-c2ccccc21)C(C)C(=O)O. The van der Waals surface area contributed by atoms with Crippen molar-refractivity contribution in [3.05, 3.63) is 59.7 Å². The minimum Gasteiger partial charge on any atom is -0.481 e. The van der Waals surface area contributed by atoms with Gasteiger partial charge in [-0.25, -0.2) is 4.79 Å². The summed E-state index contributed by atoms with van der Waals surface area (Å²) in [6.45, 7) is 4.27. The third-order valence-corrected chi connectivity index (χ3v) is 7.10. The van der Waals surface area contributed by atoms with Gasteiger partial charge in [-0.1, -0.05) is 48.5 Å². The second-order valence-corrected chi connectivity index (χ2v) is 9.39. The molecule has 1 aliphatic heterocycles. The normalized spacial score (nSPS) is 20.7. The number of carbonyl (C=O) groups excluding carboxylic acids is 2. The number of alkyl carbamates (subject to hydrolysis) is 1. The maximum atomic E-state index is 12.7. The fourth-order valence-electron chi connectivity index (χ4n) is 4.87. The van der Waals surface area contributed by atoms with Crippen LogP contribution in [0.1, 0.15) is 43.7 Å². The highest BCUT2D eigenvalue weighted by atomic mass is 16.5. The Hall–Kier alpha value is -3.39. The lowest BCUT2D eigenvalue weighted by molar-refractivity contribution is -0.142. The van der Waals surface area contributed by atoms with Gasteiger partial charge in [0, 0.05) is 36.9 Å². The minimum absolute atomic E-state index is 0.0258. The lowest BCUT2D eigenvalue weighted by atomic mass is 9.92. The van der Waals surface area contributed by atoms with Crippen molar-refractivity contribution in [3.63, 3.8) is 0 Å². The molecule has 2 aromatic rings. The van der Waals surface area contributed by atoms with E-state index >= 15 is 0 Å². The highest BCUT2D eigenvalue weighted by Gasteiger charge is 2.32. The number of hydrogen-bond acceptors (Lipinski definition) is 5. The Bertz CT molecular complexity index is 1040. The highest BCUT2D eigenvalue weighted by Crippen LogP contribution is 2.44. The first-order valence-corrected chi connectivity index (χ1v) is 12.1. The van der Waals surface area contributed by atoms with Crippen LogP contribution in [-0.2, 0) is 19.1 Å². The first-order chi connectivity index (χ1) is 16.8. The van der Waals surface area contributed by atoms with Crippen LogP contribution in [0.5, 0.6) is 0 Å². The Morgan fingerprint density at radius 1 is 1.06 bits per heavy atom. The third kappa shape index (κ3) is 5.65. The summed E-state index contributed by atoms with van der Waals surface area (Å²) in [4.78, 5) is 36.4. The number of aliphatic carboxylic acids is 1. The average Bonchev–Trinajstić information content (AvgIpc) is 3.17. The van der Waals surface area contributed by atoms with Crippen molar-refractivity contribution in [2.45, 2.75) is 44.7 Å². The van der Waals surface area contributed by atoms with E-state index in [-0.39, 0.29) is 36.8 Å². The van der Waals surface area contributed by atoms with Crippen molar-refractivity contribution >= 4 is 18.0 Å². The number of ether oxygens (including phenoxy) is 2. The maximum Gasteiger partial charge on any atom is 0.407 e. The largest absolute Gasteiger partial charge is 0.481 e. The van der Waals surface area contributed by atoms with Gasteiger partial charge in [0.05, 0.1) is 12.5 Å². The molecule has 2 amide bonds. The Balaban J connectivity index is 1.33. The van der Waals surface area contributed by atoms with E-state index in [0.29, 0.717) is 19.6 Å². The van der Waals surface area contributed by atoms with E-state index in [1.807, 2.05) is 24.3 Å². The van der Waals surface area contributed by atoms with Crippen LogP contribution >= 0.6 is 0 Å². The molecule has 1 saturated heterocycles. The summed E-state index contributed by atoms with van der Waals surface area (Å²) in [5.41, 5.74) is 4.62. The van der Waals surface area contributed by atoms with Crippen molar-refractivity contribution in [2.75, 3.05) is 19.8 Å². The fraction of sp³-hybridized carbons (Fsp3) is 0.444. The zero-order valence-electron chi connectivity index (χ0n) is 20.0. The molecule has 8 heteroatoms. The molecule has 1 fully saturated rings. The topological polar surface area (TPSA) is 114 Å². The van der Waals surface area contributed by atoms with Crippen LogP contribution in [0.4, 0.5) is 4.79 Å². The summed E-state index contributed by atoms with van der Waals surface area (Å²) in [5.74, 6) is -2.18. The predicted octanol–water partition coefficient (Wildman–Crippen LogP) is 3.55. The first-order valence-electron chi connectivity index (χ1n) is 12.1. The smallest absolute Gasteiger partial charge is 0.407 e. The third-order valence-electron chi connectivity index (χ3n) is 7.10. The van der Waals surface area contributed by atoms with Gasteiger partial charge < -0.3 is 25.2 Å². The number of amides is 2. The molecule has 0 bridgehead atoms. The van der Waals surface area contributed by atoms with Crippen molar-refractivity contribution < 1.29 is 29.0 Å². The van der Waals surface area contributed by atoms with Gasteiger partial charge in [-0.2, -0.15) is 0 Å². The Morgan fingerprint density at radius 3 is 2.31 bits per heavy atom. The molecule has 186 valence electrons. The van der Waals surface area contributed by atoms with Gasteiger partial charge in [-0.15, -0.1) is 0 Å². The second-order valence-electron chi connectivity index (χ2n) is 9.39. The molecular weight excluding hydrogens is 448 g/mol. The fourth-order valence-corrected chi connectivity index (χ4v) is 4.87. The summed E-state index contributed by atoms with van der Waals surface area (Å²) in [6, 6.07) is 15.6. The monoisotopic (exact) mass is 480 g/mol. The van der Waals surface area contributed by atoms with Crippen molar-refractivity contribution in [2.24, 2.45) is 11.8 Å². The molecule has 0 saturated carbocycles.